The van der Waals surface area contributed by atoms with Crippen molar-refractivity contribution in [3.05, 3.63) is 23.8 Å². The summed E-state index contributed by atoms with van der Waals surface area (Å²) in [5.41, 5.74) is 1.50. The average molecular weight is 201 g/mol. The molecule has 0 aliphatic rings. The molecular weight excluding hydrogens is 188 g/mol. The monoisotopic (exact) mass is 200 g/mol. The summed E-state index contributed by atoms with van der Waals surface area (Å²) in [7, 11) is 1.92. The highest BCUT2D eigenvalue weighted by Crippen LogP contribution is 2.05. The van der Waals surface area contributed by atoms with Crippen LogP contribution in [0.3, 0.4) is 0 Å². The van der Waals surface area contributed by atoms with Crippen LogP contribution < -0.4 is 5.32 Å². The molecule has 0 aliphatic heterocycles. The molecule has 1 rings (SSSR count). The molecule has 13 heavy (non-hydrogen) atoms. The Morgan fingerprint density at radius 3 is 3.08 bits per heavy atom. The molecule has 4 nitrogen and oxygen atoms in total. The standard InChI is InChI=1S/C8H13ClN4/c1-7(10-5-3-4-9)8-12-11-6-13(8)2/h3-4,6-7,10H,5H2,1-2H3/b4-3+. The molecule has 0 spiro atoms. The van der Waals surface area contributed by atoms with Gasteiger partial charge >= 0.3 is 0 Å². The van der Waals surface area contributed by atoms with Gasteiger partial charge in [0.25, 0.3) is 0 Å². The Morgan fingerprint density at radius 1 is 1.77 bits per heavy atom. The second kappa shape index (κ2) is 4.99. The smallest absolute Gasteiger partial charge is 0.149 e. The zero-order valence-corrected chi connectivity index (χ0v) is 8.49. The third-order valence-electron chi connectivity index (χ3n) is 1.76. The van der Waals surface area contributed by atoms with Crippen LogP contribution in [0.25, 0.3) is 0 Å². The van der Waals surface area contributed by atoms with Crippen molar-refractivity contribution in [3.63, 3.8) is 0 Å². The maximum absolute atomic E-state index is 5.39. The van der Waals surface area contributed by atoms with E-state index in [0.29, 0.717) is 0 Å². The molecule has 0 saturated heterocycles. The van der Waals surface area contributed by atoms with Gasteiger partial charge in [-0.05, 0) is 6.92 Å². The van der Waals surface area contributed by atoms with Gasteiger partial charge in [0.15, 0.2) is 0 Å². The zero-order valence-electron chi connectivity index (χ0n) is 7.74. The largest absolute Gasteiger partial charge is 0.319 e. The molecular formula is C8H13ClN4. The molecule has 1 unspecified atom stereocenters. The SMILES string of the molecule is CC(NC/C=C/Cl)c1nncn1C. The quantitative estimate of drug-likeness (QED) is 0.795. The minimum atomic E-state index is 0.181. The van der Waals surface area contributed by atoms with E-state index in [4.69, 9.17) is 11.6 Å². The highest BCUT2D eigenvalue weighted by atomic mass is 35.5. The maximum Gasteiger partial charge on any atom is 0.149 e. The van der Waals surface area contributed by atoms with Gasteiger partial charge in [0.05, 0.1) is 6.04 Å². The van der Waals surface area contributed by atoms with Crippen molar-refractivity contribution in [1.82, 2.24) is 20.1 Å². The predicted molar refractivity (Wildman–Crippen MR) is 52.4 cm³/mol. The molecule has 1 aromatic heterocycles. The third-order valence-corrected chi connectivity index (χ3v) is 1.94. The lowest BCUT2D eigenvalue weighted by Gasteiger charge is -2.10. The van der Waals surface area contributed by atoms with E-state index >= 15 is 0 Å². The highest BCUT2D eigenvalue weighted by molar-refractivity contribution is 6.25. The first-order valence-electron chi connectivity index (χ1n) is 4.08. The Balaban J connectivity index is 2.48. The lowest BCUT2D eigenvalue weighted by molar-refractivity contribution is 0.559. The number of nitrogens with one attached hydrogen (secondary N) is 1. The van der Waals surface area contributed by atoms with Gasteiger partial charge in [0.2, 0.25) is 0 Å². The Morgan fingerprint density at radius 2 is 2.54 bits per heavy atom. The van der Waals surface area contributed by atoms with Crippen molar-refractivity contribution in [2.24, 2.45) is 7.05 Å². The molecule has 0 radical (unpaired) electrons. The van der Waals surface area contributed by atoms with Crippen molar-refractivity contribution in [3.8, 4) is 0 Å². The van der Waals surface area contributed by atoms with Crippen LogP contribution in [0.1, 0.15) is 18.8 Å². The minimum Gasteiger partial charge on any atom is -0.319 e. The first-order valence-corrected chi connectivity index (χ1v) is 4.52. The van der Waals surface area contributed by atoms with Crippen LogP contribution in [0.2, 0.25) is 0 Å². The highest BCUT2D eigenvalue weighted by Gasteiger charge is 2.08. The second-order valence-electron chi connectivity index (χ2n) is 2.79. The molecule has 1 heterocycles. The Bertz CT molecular complexity index is 281. The predicted octanol–water partition coefficient (Wildman–Crippen LogP) is 1.22. The Kier molecular flexibility index (Phi) is 3.92. The van der Waals surface area contributed by atoms with Gasteiger partial charge in [-0.2, -0.15) is 0 Å². The van der Waals surface area contributed by atoms with Crippen LogP contribution in [-0.2, 0) is 7.05 Å². The second-order valence-corrected chi connectivity index (χ2v) is 3.04. The summed E-state index contributed by atoms with van der Waals surface area (Å²) in [6.45, 7) is 2.77. The fourth-order valence-electron chi connectivity index (χ4n) is 1.06. The fourth-order valence-corrected chi connectivity index (χ4v) is 1.15. The van der Waals surface area contributed by atoms with E-state index in [-0.39, 0.29) is 6.04 Å². The van der Waals surface area contributed by atoms with Gasteiger partial charge in [0, 0.05) is 19.1 Å². The van der Waals surface area contributed by atoms with E-state index in [1.165, 1.54) is 5.54 Å². The van der Waals surface area contributed by atoms with E-state index < -0.39 is 0 Å². The average Bonchev–Trinajstić information content (AvgIpc) is 2.52. The van der Waals surface area contributed by atoms with Gasteiger partial charge in [-0.25, -0.2) is 0 Å². The van der Waals surface area contributed by atoms with Crippen LogP contribution in [0.4, 0.5) is 0 Å². The number of hydrogen-bond donors (Lipinski definition) is 1. The number of halogens is 1. The molecule has 0 bridgehead atoms. The van der Waals surface area contributed by atoms with Gasteiger partial charge in [-0.3, -0.25) is 0 Å². The lowest BCUT2D eigenvalue weighted by Crippen LogP contribution is -2.21. The normalized spacial score (nSPS) is 13.8. The first-order chi connectivity index (χ1) is 6.25. The van der Waals surface area contributed by atoms with Crippen LogP contribution in [0.15, 0.2) is 17.9 Å². The van der Waals surface area contributed by atoms with E-state index in [0.717, 1.165) is 12.4 Å². The molecule has 72 valence electrons. The number of aromatic nitrogens is 3. The topological polar surface area (TPSA) is 42.7 Å². The van der Waals surface area contributed by atoms with Gasteiger partial charge < -0.3 is 9.88 Å². The summed E-state index contributed by atoms with van der Waals surface area (Å²) in [5.74, 6) is 0.919. The van der Waals surface area contributed by atoms with E-state index in [9.17, 15) is 0 Å². The molecule has 0 aliphatic carbocycles. The number of aryl methyl sites for hydroxylation is 1. The van der Waals surface area contributed by atoms with Crippen LogP contribution in [0, 0.1) is 0 Å². The number of hydrogen-bond acceptors (Lipinski definition) is 3. The Hall–Kier alpha value is -0.870. The van der Waals surface area contributed by atoms with E-state index in [1.54, 1.807) is 6.33 Å². The molecule has 0 saturated carbocycles. The zero-order chi connectivity index (χ0) is 9.68. The van der Waals surface area contributed by atoms with E-state index in [2.05, 4.69) is 15.5 Å². The van der Waals surface area contributed by atoms with E-state index in [1.807, 2.05) is 24.6 Å². The van der Waals surface area contributed by atoms with Crippen LogP contribution >= 0.6 is 11.6 Å². The molecule has 1 N–H and O–H groups in total. The van der Waals surface area contributed by atoms with Gasteiger partial charge in [0.1, 0.15) is 12.2 Å². The van der Waals surface area contributed by atoms with Crippen LogP contribution in [0.5, 0.6) is 0 Å². The van der Waals surface area contributed by atoms with Crippen molar-refractivity contribution in [2.45, 2.75) is 13.0 Å². The molecule has 0 fully saturated rings. The Labute approximate surface area is 82.6 Å². The molecule has 0 amide bonds. The minimum absolute atomic E-state index is 0.181. The van der Waals surface area contributed by atoms with Crippen molar-refractivity contribution < 1.29 is 0 Å². The fraction of sp³-hybridized carbons (Fsp3) is 0.500. The third kappa shape index (κ3) is 2.82. The summed E-state index contributed by atoms with van der Waals surface area (Å²) >= 11 is 5.39. The summed E-state index contributed by atoms with van der Waals surface area (Å²) < 4.78 is 1.89. The van der Waals surface area contributed by atoms with Gasteiger partial charge in [-0.15, -0.1) is 10.2 Å². The maximum atomic E-state index is 5.39. The number of nitrogens with zero attached hydrogens (tertiary/aromatic N) is 3. The summed E-state index contributed by atoms with van der Waals surface area (Å²) in [4.78, 5) is 0. The summed E-state index contributed by atoms with van der Waals surface area (Å²) in [6.07, 6.45) is 3.53. The summed E-state index contributed by atoms with van der Waals surface area (Å²) in [5, 5.41) is 11.0. The molecule has 0 aromatic carbocycles. The van der Waals surface area contributed by atoms with Crippen molar-refractivity contribution in [1.29, 1.82) is 0 Å². The van der Waals surface area contributed by atoms with Crippen LogP contribution in [-0.4, -0.2) is 21.3 Å². The lowest BCUT2D eigenvalue weighted by atomic mass is 10.3. The molecule has 5 heteroatoms. The summed E-state index contributed by atoms with van der Waals surface area (Å²) in [6, 6.07) is 0.181. The van der Waals surface area contributed by atoms with Crippen molar-refractivity contribution >= 4 is 11.6 Å². The molecule has 1 atom stereocenters. The first kappa shape index (κ1) is 10.2. The van der Waals surface area contributed by atoms with Gasteiger partial charge in [-0.1, -0.05) is 17.7 Å². The van der Waals surface area contributed by atoms with Crippen molar-refractivity contribution in [2.75, 3.05) is 6.54 Å². The molecule has 1 aromatic rings. The number of rotatable bonds is 4.